The first-order chi connectivity index (χ1) is 11.8. The largest absolute Gasteiger partial charge is 0.391 e. The van der Waals surface area contributed by atoms with Gasteiger partial charge in [-0.05, 0) is 47.2 Å². The van der Waals surface area contributed by atoms with Gasteiger partial charge in [-0.1, -0.05) is 32.9 Å². The number of aromatic nitrogens is 1. The highest BCUT2D eigenvalue weighted by atomic mass is 16.3. The molecular formula is C21H26N2O2. The van der Waals surface area contributed by atoms with Crippen molar-refractivity contribution in [3.05, 3.63) is 65.5 Å². The molecule has 1 aromatic carbocycles. The van der Waals surface area contributed by atoms with Gasteiger partial charge in [-0.2, -0.15) is 0 Å². The standard InChI is InChI=1S/C21H26N2O2/c1-21(2,3)18-6-4-16(5-7-18)20(25)23-13-17(19(24)14-23)12-15-8-10-22-11-9-15/h4-11,17,19,24H,12-14H2,1-3H3. The minimum atomic E-state index is -0.481. The number of nitrogens with zero attached hydrogens (tertiary/aromatic N) is 2. The zero-order chi connectivity index (χ0) is 18.0. The maximum absolute atomic E-state index is 12.8. The van der Waals surface area contributed by atoms with Crippen LogP contribution in [0.15, 0.2) is 48.8 Å². The Kier molecular flexibility index (Phi) is 4.91. The van der Waals surface area contributed by atoms with Gasteiger partial charge in [-0.25, -0.2) is 0 Å². The Morgan fingerprint density at radius 2 is 1.76 bits per heavy atom. The van der Waals surface area contributed by atoms with Crippen molar-refractivity contribution in [2.24, 2.45) is 5.92 Å². The zero-order valence-corrected chi connectivity index (χ0v) is 15.1. The number of rotatable bonds is 3. The van der Waals surface area contributed by atoms with Gasteiger partial charge in [-0.15, -0.1) is 0 Å². The second-order valence-corrected chi connectivity index (χ2v) is 7.92. The molecule has 1 saturated heterocycles. The Bertz CT molecular complexity index is 720. The van der Waals surface area contributed by atoms with E-state index < -0.39 is 6.10 Å². The van der Waals surface area contributed by atoms with E-state index in [1.807, 2.05) is 36.4 Å². The molecule has 1 amide bonds. The van der Waals surface area contributed by atoms with Crippen molar-refractivity contribution in [3.8, 4) is 0 Å². The Labute approximate surface area is 149 Å². The summed E-state index contributed by atoms with van der Waals surface area (Å²) in [6.45, 7) is 7.46. The van der Waals surface area contributed by atoms with Crippen LogP contribution in [0.3, 0.4) is 0 Å². The SMILES string of the molecule is CC(C)(C)c1ccc(C(=O)N2CC(O)C(Cc3ccncc3)C2)cc1. The number of aliphatic hydroxyl groups excluding tert-OH is 1. The smallest absolute Gasteiger partial charge is 0.253 e. The molecule has 3 rings (SSSR count). The van der Waals surface area contributed by atoms with E-state index in [-0.39, 0.29) is 17.2 Å². The first kappa shape index (κ1) is 17.6. The molecule has 1 fully saturated rings. The lowest BCUT2D eigenvalue weighted by atomic mass is 9.86. The van der Waals surface area contributed by atoms with Gasteiger partial charge >= 0.3 is 0 Å². The number of carbonyl (C=O) groups excluding carboxylic acids is 1. The summed E-state index contributed by atoms with van der Waals surface area (Å²) in [5.41, 5.74) is 3.11. The highest BCUT2D eigenvalue weighted by Gasteiger charge is 2.34. The Hall–Kier alpha value is -2.20. The van der Waals surface area contributed by atoms with Crippen LogP contribution in [0, 0.1) is 5.92 Å². The fraction of sp³-hybridized carbons (Fsp3) is 0.429. The molecule has 1 aliphatic rings. The number of β-amino-alcohol motifs (C(OH)–C–C–N with tert-alkyl or cyclic N) is 1. The fourth-order valence-corrected chi connectivity index (χ4v) is 3.34. The average Bonchev–Trinajstić information content (AvgIpc) is 2.95. The molecule has 2 aromatic rings. The van der Waals surface area contributed by atoms with Gasteiger partial charge in [0, 0.05) is 37.0 Å². The van der Waals surface area contributed by atoms with Crippen LogP contribution in [0.2, 0.25) is 0 Å². The van der Waals surface area contributed by atoms with Crippen molar-refractivity contribution < 1.29 is 9.90 Å². The number of carbonyl (C=O) groups is 1. The Morgan fingerprint density at radius 1 is 1.12 bits per heavy atom. The number of aliphatic hydroxyl groups is 1. The molecule has 132 valence electrons. The number of hydrogen-bond acceptors (Lipinski definition) is 3. The molecule has 0 spiro atoms. The molecule has 2 atom stereocenters. The van der Waals surface area contributed by atoms with E-state index >= 15 is 0 Å². The summed E-state index contributed by atoms with van der Waals surface area (Å²) in [6, 6.07) is 11.8. The van der Waals surface area contributed by atoms with Gasteiger partial charge in [0.25, 0.3) is 5.91 Å². The molecule has 4 heteroatoms. The van der Waals surface area contributed by atoms with E-state index in [0.717, 1.165) is 12.0 Å². The molecule has 1 N–H and O–H groups in total. The first-order valence-electron chi connectivity index (χ1n) is 8.81. The van der Waals surface area contributed by atoms with Gasteiger partial charge in [0.15, 0.2) is 0 Å². The normalized spacial score (nSPS) is 20.7. The van der Waals surface area contributed by atoms with Crippen molar-refractivity contribution in [3.63, 3.8) is 0 Å². The highest BCUT2D eigenvalue weighted by Crippen LogP contribution is 2.25. The minimum Gasteiger partial charge on any atom is -0.391 e. The fourth-order valence-electron chi connectivity index (χ4n) is 3.34. The lowest BCUT2D eigenvalue weighted by Gasteiger charge is -2.20. The van der Waals surface area contributed by atoms with Crippen LogP contribution in [0.5, 0.6) is 0 Å². The van der Waals surface area contributed by atoms with Gasteiger partial charge in [0.2, 0.25) is 0 Å². The van der Waals surface area contributed by atoms with Crippen molar-refractivity contribution in [2.45, 2.75) is 38.7 Å². The van der Waals surface area contributed by atoms with Crippen LogP contribution < -0.4 is 0 Å². The Morgan fingerprint density at radius 3 is 2.36 bits per heavy atom. The predicted octanol–water partition coefficient (Wildman–Crippen LogP) is 3.05. The first-order valence-corrected chi connectivity index (χ1v) is 8.81. The van der Waals surface area contributed by atoms with E-state index in [1.165, 1.54) is 5.56 Å². The van der Waals surface area contributed by atoms with Crippen LogP contribution in [0.4, 0.5) is 0 Å². The topological polar surface area (TPSA) is 53.4 Å². The molecule has 0 aliphatic carbocycles. The van der Waals surface area contributed by atoms with Crippen LogP contribution in [0.1, 0.15) is 42.3 Å². The third kappa shape index (κ3) is 4.07. The maximum atomic E-state index is 12.8. The van der Waals surface area contributed by atoms with Gasteiger partial charge < -0.3 is 10.0 Å². The monoisotopic (exact) mass is 338 g/mol. The third-order valence-corrected chi connectivity index (χ3v) is 4.94. The lowest BCUT2D eigenvalue weighted by Crippen LogP contribution is -2.29. The van der Waals surface area contributed by atoms with Gasteiger partial charge in [-0.3, -0.25) is 9.78 Å². The number of pyridine rings is 1. The average molecular weight is 338 g/mol. The lowest BCUT2D eigenvalue weighted by molar-refractivity contribution is 0.0764. The minimum absolute atomic E-state index is 0.00302. The van der Waals surface area contributed by atoms with Crippen molar-refractivity contribution in [1.82, 2.24) is 9.88 Å². The number of likely N-dealkylation sites (tertiary alicyclic amines) is 1. The van der Waals surface area contributed by atoms with Crippen LogP contribution in [-0.4, -0.2) is 40.1 Å². The molecule has 0 bridgehead atoms. The third-order valence-electron chi connectivity index (χ3n) is 4.94. The molecule has 1 aliphatic heterocycles. The number of hydrogen-bond donors (Lipinski definition) is 1. The van der Waals surface area contributed by atoms with E-state index in [9.17, 15) is 9.90 Å². The van der Waals surface area contributed by atoms with Gasteiger partial charge in [0.05, 0.1) is 6.10 Å². The molecule has 0 saturated carbocycles. The summed E-state index contributed by atoms with van der Waals surface area (Å²) in [5, 5.41) is 10.4. The van der Waals surface area contributed by atoms with Crippen LogP contribution >= 0.6 is 0 Å². The maximum Gasteiger partial charge on any atom is 0.253 e. The van der Waals surface area contributed by atoms with E-state index in [4.69, 9.17) is 0 Å². The van der Waals surface area contributed by atoms with Gasteiger partial charge in [0.1, 0.15) is 0 Å². The summed E-state index contributed by atoms with van der Waals surface area (Å²) in [5.74, 6) is 0.0666. The Balaban J connectivity index is 1.67. The van der Waals surface area contributed by atoms with Crippen LogP contribution in [-0.2, 0) is 11.8 Å². The van der Waals surface area contributed by atoms with E-state index in [0.29, 0.717) is 18.7 Å². The second kappa shape index (κ2) is 6.96. The summed E-state index contributed by atoms with van der Waals surface area (Å²) >= 11 is 0. The predicted molar refractivity (Wildman–Crippen MR) is 98.5 cm³/mol. The van der Waals surface area contributed by atoms with Crippen molar-refractivity contribution >= 4 is 5.91 Å². The summed E-state index contributed by atoms with van der Waals surface area (Å²) < 4.78 is 0. The molecule has 2 heterocycles. The number of amides is 1. The van der Waals surface area contributed by atoms with Crippen molar-refractivity contribution in [2.75, 3.05) is 13.1 Å². The summed E-state index contributed by atoms with van der Waals surface area (Å²) in [7, 11) is 0. The molecule has 25 heavy (non-hydrogen) atoms. The molecule has 2 unspecified atom stereocenters. The quantitative estimate of drug-likeness (QED) is 0.936. The van der Waals surface area contributed by atoms with E-state index in [2.05, 4.69) is 25.8 Å². The van der Waals surface area contributed by atoms with E-state index in [1.54, 1.807) is 17.3 Å². The summed E-state index contributed by atoms with van der Waals surface area (Å²) in [4.78, 5) is 18.5. The molecule has 0 radical (unpaired) electrons. The molecule has 4 nitrogen and oxygen atoms in total. The van der Waals surface area contributed by atoms with Crippen molar-refractivity contribution in [1.29, 1.82) is 0 Å². The molecular weight excluding hydrogens is 312 g/mol. The summed E-state index contributed by atoms with van der Waals surface area (Å²) in [6.07, 6.45) is 3.80. The second-order valence-electron chi connectivity index (χ2n) is 7.92. The molecule has 1 aromatic heterocycles. The zero-order valence-electron chi connectivity index (χ0n) is 15.1. The number of benzene rings is 1. The highest BCUT2D eigenvalue weighted by molar-refractivity contribution is 5.94. The van der Waals surface area contributed by atoms with Crippen LogP contribution in [0.25, 0.3) is 0 Å².